The standard InChI is InChI=1S/C22H22N2O3/c1-15-13-17(11-12-23-15)16-7-9-19(10-8-16)24-21(25)14-18-5-4-6-20(26-2)22(18)27-3/h4-13H,14H2,1-3H3,(H,24,25). The molecule has 1 N–H and O–H groups in total. The van der Waals surface area contributed by atoms with E-state index in [2.05, 4.69) is 10.3 Å². The van der Waals surface area contributed by atoms with Crippen LogP contribution < -0.4 is 14.8 Å². The molecule has 0 aliphatic carbocycles. The number of rotatable bonds is 6. The molecule has 5 nitrogen and oxygen atoms in total. The summed E-state index contributed by atoms with van der Waals surface area (Å²) in [7, 11) is 3.15. The van der Waals surface area contributed by atoms with Crippen LogP contribution in [0.2, 0.25) is 0 Å². The fraction of sp³-hybridized carbons (Fsp3) is 0.182. The fourth-order valence-electron chi connectivity index (χ4n) is 2.94. The lowest BCUT2D eigenvalue weighted by Gasteiger charge is -2.12. The van der Waals surface area contributed by atoms with Gasteiger partial charge < -0.3 is 14.8 Å². The summed E-state index contributed by atoms with van der Waals surface area (Å²) in [5, 5.41) is 2.92. The van der Waals surface area contributed by atoms with Crippen LogP contribution in [0.1, 0.15) is 11.3 Å². The van der Waals surface area contributed by atoms with E-state index in [4.69, 9.17) is 9.47 Å². The van der Waals surface area contributed by atoms with Crippen molar-refractivity contribution in [2.24, 2.45) is 0 Å². The molecule has 1 heterocycles. The molecular weight excluding hydrogens is 340 g/mol. The molecule has 138 valence electrons. The Morgan fingerprint density at radius 1 is 1.00 bits per heavy atom. The van der Waals surface area contributed by atoms with E-state index in [1.165, 1.54) is 0 Å². The van der Waals surface area contributed by atoms with Gasteiger partial charge in [0.05, 0.1) is 20.6 Å². The van der Waals surface area contributed by atoms with Crippen LogP contribution >= 0.6 is 0 Å². The van der Waals surface area contributed by atoms with Gasteiger partial charge in [-0.05, 0) is 48.4 Å². The number of methoxy groups -OCH3 is 2. The van der Waals surface area contributed by atoms with Crippen LogP contribution in [0.15, 0.2) is 60.8 Å². The van der Waals surface area contributed by atoms with Crippen LogP contribution in [0.5, 0.6) is 11.5 Å². The highest BCUT2D eigenvalue weighted by molar-refractivity contribution is 5.93. The van der Waals surface area contributed by atoms with Gasteiger partial charge in [-0.15, -0.1) is 0 Å². The van der Waals surface area contributed by atoms with E-state index in [1.54, 1.807) is 26.5 Å². The number of ether oxygens (including phenoxy) is 2. The van der Waals surface area contributed by atoms with Gasteiger partial charge in [-0.1, -0.05) is 24.3 Å². The van der Waals surface area contributed by atoms with Gasteiger partial charge in [0.25, 0.3) is 0 Å². The molecule has 1 aromatic heterocycles. The Kier molecular flexibility index (Phi) is 5.71. The van der Waals surface area contributed by atoms with Crippen molar-refractivity contribution in [3.63, 3.8) is 0 Å². The Labute approximate surface area is 159 Å². The molecule has 3 rings (SSSR count). The molecule has 0 atom stereocenters. The molecule has 27 heavy (non-hydrogen) atoms. The first-order valence-corrected chi connectivity index (χ1v) is 8.63. The number of para-hydroxylation sites is 1. The third kappa shape index (κ3) is 4.44. The highest BCUT2D eigenvalue weighted by Crippen LogP contribution is 2.31. The molecule has 0 radical (unpaired) electrons. The van der Waals surface area contributed by atoms with Gasteiger partial charge >= 0.3 is 0 Å². The maximum atomic E-state index is 12.4. The van der Waals surface area contributed by atoms with Crippen LogP contribution in [-0.4, -0.2) is 25.1 Å². The second-order valence-electron chi connectivity index (χ2n) is 6.14. The zero-order valence-corrected chi connectivity index (χ0v) is 15.7. The number of aromatic nitrogens is 1. The van der Waals surface area contributed by atoms with Crippen molar-refractivity contribution in [1.82, 2.24) is 4.98 Å². The van der Waals surface area contributed by atoms with E-state index < -0.39 is 0 Å². The Balaban J connectivity index is 1.70. The molecule has 0 aliphatic heterocycles. The maximum absolute atomic E-state index is 12.4. The largest absolute Gasteiger partial charge is 0.493 e. The van der Waals surface area contributed by atoms with Crippen molar-refractivity contribution in [2.45, 2.75) is 13.3 Å². The van der Waals surface area contributed by atoms with Gasteiger partial charge in [0.15, 0.2) is 11.5 Å². The van der Waals surface area contributed by atoms with Crippen LogP contribution in [0.3, 0.4) is 0 Å². The summed E-state index contributed by atoms with van der Waals surface area (Å²) in [5.74, 6) is 1.08. The topological polar surface area (TPSA) is 60.5 Å². The second kappa shape index (κ2) is 8.36. The molecule has 0 saturated carbocycles. The number of amides is 1. The van der Waals surface area contributed by atoms with Crippen molar-refractivity contribution in [3.05, 3.63) is 72.1 Å². The van der Waals surface area contributed by atoms with Gasteiger partial charge in [0.2, 0.25) is 5.91 Å². The molecule has 3 aromatic rings. The average Bonchev–Trinajstić information content (AvgIpc) is 2.68. The van der Waals surface area contributed by atoms with Crippen molar-refractivity contribution in [2.75, 3.05) is 19.5 Å². The minimum absolute atomic E-state index is 0.117. The molecule has 0 aliphatic rings. The molecule has 0 unspecified atom stereocenters. The van der Waals surface area contributed by atoms with E-state index in [-0.39, 0.29) is 12.3 Å². The normalized spacial score (nSPS) is 10.3. The van der Waals surface area contributed by atoms with Crippen LogP contribution in [0, 0.1) is 6.92 Å². The van der Waals surface area contributed by atoms with E-state index in [1.807, 2.05) is 55.5 Å². The zero-order chi connectivity index (χ0) is 19.2. The van der Waals surface area contributed by atoms with Gasteiger partial charge in [-0.25, -0.2) is 0 Å². The van der Waals surface area contributed by atoms with Crippen LogP contribution in [0.25, 0.3) is 11.1 Å². The number of hydrogen-bond donors (Lipinski definition) is 1. The average molecular weight is 362 g/mol. The van der Waals surface area contributed by atoms with Crippen molar-refractivity contribution >= 4 is 11.6 Å². The zero-order valence-electron chi connectivity index (χ0n) is 15.7. The van der Waals surface area contributed by atoms with Crippen molar-refractivity contribution < 1.29 is 14.3 Å². The van der Waals surface area contributed by atoms with E-state index in [0.29, 0.717) is 11.5 Å². The summed E-state index contributed by atoms with van der Waals surface area (Å²) >= 11 is 0. The smallest absolute Gasteiger partial charge is 0.228 e. The first-order chi connectivity index (χ1) is 13.1. The molecule has 0 bridgehead atoms. The number of hydrogen-bond acceptors (Lipinski definition) is 4. The van der Waals surface area contributed by atoms with E-state index in [0.717, 1.165) is 28.1 Å². The summed E-state index contributed by atoms with van der Waals surface area (Å²) in [5.41, 5.74) is 4.67. The lowest BCUT2D eigenvalue weighted by atomic mass is 10.1. The SMILES string of the molecule is COc1cccc(CC(=O)Nc2ccc(-c3ccnc(C)c3)cc2)c1OC. The molecular formula is C22H22N2O3. The number of pyridine rings is 1. The number of nitrogens with zero attached hydrogens (tertiary/aromatic N) is 1. The molecule has 1 amide bonds. The Bertz CT molecular complexity index is 937. The fourth-order valence-corrected chi connectivity index (χ4v) is 2.94. The highest BCUT2D eigenvalue weighted by Gasteiger charge is 2.13. The number of anilines is 1. The molecule has 2 aromatic carbocycles. The summed E-state index contributed by atoms with van der Waals surface area (Å²) in [6, 6.07) is 17.3. The number of carbonyl (C=O) groups is 1. The van der Waals surface area contributed by atoms with Gasteiger partial charge in [-0.3, -0.25) is 9.78 Å². The van der Waals surface area contributed by atoms with Gasteiger partial charge in [-0.2, -0.15) is 0 Å². The van der Waals surface area contributed by atoms with E-state index >= 15 is 0 Å². The summed E-state index contributed by atoms with van der Waals surface area (Å²) < 4.78 is 10.7. The highest BCUT2D eigenvalue weighted by atomic mass is 16.5. The van der Waals surface area contributed by atoms with Crippen LogP contribution in [-0.2, 0) is 11.2 Å². The van der Waals surface area contributed by atoms with Gasteiger partial charge in [0.1, 0.15) is 0 Å². The summed E-state index contributed by atoms with van der Waals surface area (Å²) in [6.45, 7) is 1.96. The van der Waals surface area contributed by atoms with Crippen molar-refractivity contribution in [3.8, 4) is 22.6 Å². The minimum Gasteiger partial charge on any atom is -0.493 e. The quantitative estimate of drug-likeness (QED) is 0.712. The lowest BCUT2D eigenvalue weighted by molar-refractivity contribution is -0.115. The lowest BCUT2D eigenvalue weighted by Crippen LogP contribution is -2.15. The molecule has 0 spiro atoms. The molecule has 5 heteroatoms. The third-order valence-electron chi connectivity index (χ3n) is 4.23. The monoisotopic (exact) mass is 362 g/mol. The first-order valence-electron chi connectivity index (χ1n) is 8.63. The number of nitrogens with one attached hydrogen (secondary N) is 1. The van der Waals surface area contributed by atoms with Crippen molar-refractivity contribution in [1.29, 1.82) is 0 Å². The number of benzene rings is 2. The summed E-state index contributed by atoms with van der Waals surface area (Å²) in [6.07, 6.45) is 1.99. The number of aryl methyl sites for hydroxylation is 1. The molecule has 0 fully saturated rings. The Morgan fingerprint density at radius 2 is 1.78 bits per heavy atom. The maximum Gasteiger partial charge on any atom is 0.228 e. The number of carbonyl (C=O) groups excluding carboxylic acids is 1. The second-order valence-corrected chi connectivity index (χ2v) is 6.14. The predicted octanol–water partition coefficient (Wildman–Crippen LogP) is 4.26. The van der Waals surface area contributed by atoms with Crippen LogP contribution in [0.4, 0.5) is 5.69 Å². The summed E-state index contributed by atoms with van der Waals surface area (Å²) in [4.78, 5) is 16.6. The van der Waals surface area contributed by atoms with Gasteiger partial charge in [0, 0.05) is 23.1 Å². The van der Waals surface area contributed by atoms with E-state index in [9.17, 15) is 4.79 Å². The third-order valence-corrected chi connectivity index (χ3v) is 4.23. The Hall–Kier alpha value is -3.34. The molecule has 0 saturated heterocycles. The predicted molar refractivity (Wildman–Crippen MR) is 106 cm³/mol. The first kappa shape index (κ1) is 18.5. The minimum atomic E-state index is -0.117. The Morgan fingerprint density at radius 3 is 2.44 bits per heavy atom.